The number of amides is 1. The summed E-state index contributed by atoms with van der Waals surface area (Å²) in [4.78, 5) is 12.3. The van der Waals surface area contributed by atoms with Crippen LogP contribution in [0.3, 0.4) is 0 Å². The molecule has 23 heavy (non-hydrogen) atoms. The Balaban J connectivity index is 2.19. The van der Waals surface area contributed by atoms with Crippen molar-refractivity contribution >= 4 is 33.0 Å². The third kappa shape index (κ3) is 4.81. The maximum absolute atomic E-state index is 12.3. The molecule has 0 fully saturated rings. The summed E-state index contributed by atoms with van der Waals surface area (Å²) in [5, 5.41) is 3.29. The Hall–Kier alpha value is -1.85. The zero-order chi connectivity index (χ0) is 17.2. The van der Waals surface area contributed by atoms with Gasteiger partial charge in [0.25, 0.3) is 5.91 Å². The van der Waals surface area contributed by atoms with E-state index in [-0.39, 0.29) is 11.7 Å². The van der Waals surface area contributed by atoms with Crippen molar-refractivity contribution in [3.63, 3.8) is 0 Å². The van der Waals surface area contributed by atoms with Crippen LogP contribution in [0.4, 0.5) is 5.69 Å². The maximum atomic E-state index is 12.3. The van der Waals surface area contributed by atoms with Gasteiger partial charge in [-0.05, 0) is 48.7 Å². The van der Waals surface area contributed by atoms with Gasteiger partial charge in [-0.15, -0.1) is 0 Å². The number of hydrogen-bond acceptors (Lipinski definition) is 3. The van der Waals surface area contributed by atoms with Crippen molar-refractivity contribution in [2.75, 3.05) is 11.6 Å². The molecule has 0 saturated carbocycles. The average molecular weight is 352 g/mol. The van der Waals surface area contributed by atoms with Gasteiger partial charge in [-0.25, -0.2) is 8.42 Å². The van der Waals surface area contributed by atoms with E-state index in [2.05, 4.69) is 5.32 Å². The summed E-state index contributed by atoms with van der Waals surface area (Å²) in [5.74, 6) is -0.331. The highest BCUT2D eigenvalue weighted by Gasteiger charge is 2.12. The predicted molar refractivity (Wildman–Crippen MR) is 93.9 cm³/mol. The molecule has 2 rings (SSSR count). The normalized spacial score (nSPS) is 11.3. The molecule has 6 heteroatoms. The number of carbonyl (C=O) groups is 1. The third-order valence-corrected chi connectivity index (χ3v) is 4.47. The summed E-state index contributed by atoms with van der Waals surface area (Å²) in [7, 11) is -3.09. The number of anilines is 1. The highest BCUT2D eigenvalue weighted by atomic mass is 35.5. The van der Waals surface area contributed by atoms with E-state index in [0.29, 0.717) is 21.8 Å². The lowest BCUT2D eigenvalue weighted by Crippen LogP contribution is -2.13. The second kappa shape index (κ2) is 6.72. The van der Waals surface area contributed by atoms with Gasteiger partial charge in [-0.3, -0.25) is 4.79 Å². The van der Waals surface area contributed by atoms with Crippen LogP contribution in [0.5, 0.6) is 0 Å². The zero-order valence-corrected chi connectivity index (χ0v) is 14.8. The molecule has 0 aliphatic rings. The van der Waals surface area contributed by atoms with Crippen LogP contribution in [0, 0.1) is 13.8 Å². The number of carbonyl (C=O) groups excluding carboxylic acids is 1. The number of rotatable bonds is 4. The van der Waals surface area contributed by atoms with Crippen LogP contribution in [0.1, 0.15) is 27.0 Å². The molecule has 0 radical (unpaired) electrons. The van der Waals surface area contributed by atoms with E-state index in [1.54, 1.807) is 30.3 Å². The van der Waals surface area contributed by atoms with E-state index in [4.69, 9.17) is 11.6 Å². The number of sulfone groups is 1. The minimum atomic E-state index is -3.09. The third-order valence-electron chi connectivity index (χ3n) is 3.32. The van der Waals surface area contributed by atoms with Crippen LogP contribution in [0.2, 0.25) is 5.02 Å². The number of hydrogen-bond donors (Lipinski definition) is 1. The van der Waals surface area contributed by atoms with Crippen LogP contribution < -0.4 is 5.32 Å². The van der Waals surface area contributed by atoms with Crippen LogP contribution >= 0.6 is 11.6 Å². The average Bonchev–Trinajstić information content (AvgIpc) is 2.41. The van der Waals surface area contributed by atoms with E-state index in [9.17, 15) is 13.2 Å². The molecule has 0 atom stereocenters. The van der Waals surface area contributed by atoms with E-state index in [0.717, 1.165) is 11.1 Å². The summed E-state index contributed by atoms with van der Waals surface area (Å²) in [5.41, 5.74) is 3.59. The lowest BCUT2D eigenvalue weighted by atomic mass is 10.1. The molecule has 0 unspecified atom stereocenters. The fraction of sp³-hybridized carbons (Fsp3) is 0.235. The Morgan fingerprint density at radius 3 is 2.26 bits per heavy atom. The second-order valence-electron chi connectivity index (χ2n) is 5.66. The van der Waals surface area contributed by atoms with Gasteiger partial charge in [0.2, 0.25) is 0 Å². The minimum Gasteiger partial charge on any atom is -0.320 e. The van der Waals surface area contributed by atoms with Crippen molar-refractivity contribution in [2.24, 2.45) is 0 Å². The topological polar surface area (TPSA) is 63.2 Å². The van der Waals surface area contributed by atoms with Gasteiger partial charge < -0.3 is 5.32 Å². The summed E-state index contributed by atoms with van der Waals surface area (Å²) in [6.45, 7) is 3.81. The predicted octanol–water partition coefficient (Wildman–Crippen LogP) is 3.75. The van der Waals surface area contributed by atoms with Crippen molar-refractivity contribution in [3.8, 4) is 0 Å². The van der Waals surface area contributed by atoms with E-state index in [1.165, 1.54) is 6.26 Å². The number of halogens is 1. The van der Waals surface area contributed by atoms with Crippen LogP contribution in [0.25, 0.3) is 0 Å². The Kier molecular flexibility index (Phi) is 5.12. The Morgan fingerprint density at radius 2 is 1.74 bits per heavy atom. The minimum absolute atomic E-state index is 0.0439. The largest absolute Gasteiger partial charge is 0.320 e. The molecule has 2 aromatic carbocycles. The highest BCUT2D eigenvalue weighted by molar-refractivity contribution is 7.89. The summed E-state index contributed by atoms with van der Waals surface area (Å²) in [6.07, 6.45) is 1.18. The number of benzene rings is 2. The molecule has 4 nitrogen and oxygen atoms in total. The zero-order valence-electron chi connectivity index (χ0n) is 13.2. The molecule has 1 N–H and O–H groups in total. The monoisotopic (exact) mass is 351 g/mol. The molecule has 122 valence electrons. The first kappa shape index (κ1) is 17.5. The number of nitrogens with one attached hydrogen (secondary N) is 1. The summed E-state index contributed by atoms with van der Waals surface area (Å²) >= 11 is 6.18. The smallest absolute Gasteiger partial charge is 0.255 e. The lowest BCUT2D eigenvalue weighted by Gasteiger charge is -2.12. The van der Waals surface area contributed by atoms with Crippen molar-refractivity contribution in [2.45, 2.75) is 19.6 Å². The van der Waals surface area contributed by atoms with Gasteiger partial charge in [0.05, 0.1) is 16.5 Å². The SMILES string of the molecule is Cc1cc(C)c(NC(=O)c2ccc(CS(C)(=O)=O)cc2)c(Cl)c1. The van der Waals surface area contributed by atoms with Gasteiger partial charge in [0, 0.05) is 11.8 Å². The van der Waals surface area contributed by atoms with Crippen LogP contribution in [-0.4, -0.2) is 20.6 Å². The summed E-state index contributed by atoms with van der Waals surface area (Å²) in [6, 6.07) is 10.2. The maximum Gasteiger partial charge on any atom is 0.255 e. The first-order valence-corrected chi connectivity index (χ1v) is 9.44. The fourth-order valence-electron chi connectivity index (χ4n) is 2.31. The molecular weight excluding hydrogens is 334 g/mol. The molecule has 0 aliphatic heterocycles. The van der Waals surface area contributed by atoms with E-state index >= 15 is 0 Å². The first-order valence-electron chi connectivity index (χ1n) is 7.00. The molecule has 0 aliphatic carbocycles. The molecule has 0 aromatic heterocycles. The molecule has 1 amide bonds. The Morgan fingerprint density at radius 1 is 1.13 bits per heavy atom. The standard InChI is InChI=1S/C17H18ClNO3S/c1-11-8-12(2)16(15(18)9-11)19-17(20)14-6-4-13(5-7-14)10-23(3,21)22/h4-9H,10H2,1-3H3,(H,19,20). The molecule has 2 aromatic rings. The second-order valence-corrected chi connectivity index (χ2v) is 8.21. The van der Waals surface area contributed by atoms with Crippen LogP contribution in [0.15, 0.2) is 36.4 Å². The number of aryl methyl sites for hydroxylation is 2. The van der Waals surface area contributed by atoms with Crippen LogP contribution in [-0.2, 0) is 15.6 Å². The van der Waals surface area contributed by atoms with Crippen molar-refractivity contribution < 1.29 is 13.2 Å². The lowest BCUT2D eigenvalue weighted by molar-refractivity contribution is 0.102. The first-order chi connectivity index (χ1) is 10.7. The van der Waals surface area contributed by atoms with Gasteiger partial charge in [-0.2, -0.15) is 0 Å². The Bertz CT molecular complexity index is 820. The van der Waals surface area contributed by atoms with E-state index < -0.39 is 9.84 Å². The highest BCUT2D eigenvalue weighted by Crippen LogP contribution is 2.27. The van der Waals surface area contributed by atoms with Crippen molar-refractivity contribution in [1.82, 2.24) is 0 Å². The van der Waals surface area contributed by atoms with E-state index in [1.807, 2.05) is 19.9 Å². The molecule has 0 spiro atoms. The van der Waals surface area contributed by atoms with Crippen molar-refractivity contribution in [1.29, 1.82) is 0 Å². The Labute approximate surface area is 141 Å². The molecule has 0 saturated heterocycles. The van der Waals surface area contributed by atoms with Gasteiger partial charge >= 0.3 is 0 Å². The molecule has 0 heterocycles. The molecular formula is C17H18ClNO3S. The quantitative estimate of drug-likeness (QED) is 0.912. The summed E-state index contributed by atoms with van der Waals surface area (Å²) < 4.78 is 22.5. The molecule has 0 bridgehead atoms. The van der Waals surface area contributed by atoms with Gasteiger partial charge in [-0.1, -0.05) is 29.8 Å². The van der Waals surface area contributed by atoms with Gasteiger partial charge in [0.15, 0.2) is 9.84 Å². The van der Waals surface area contributed by atoms with Gasteiger partial charge in [0.1, 0.15) is 0 Å². The fourth-order valence-corrected chi connectivity index (χ4v) is 3.48. The van der Waals surface area contributed by atoms with Crippen molar-refractivity contribution in [3.05, 3.63) is 63.7 Å².